The molecule has 0 radical (unpaired) electrons. The zero-order valence-corrected chi connectivity index (χ0v) is 8.97. The van der Waals surface area contributed by atoms with Crippen LogP contribution in [0.2, 0.25) is 0 Å². The van der Waals surface area contributed by atoms with Gasteiger partial charge < -0.3 is 10.7 Å². The maximum absolute atomic E-state index is 11.3. The summed E-state index contributed by atoms with van der Waals surface area (Å²) in [6, 6.07) is 5.50. The van der Waals surface area contributed by atoms with Gasteiger partial charge in [-0.05, 0) is 22.0 Å². The number of hydrogen-bond donors (Lipinski definition) is 2. The van der Waals surface area contributed by atoms with E-state index in [0.29, 0.717) is 5.56 Å². The third kappa shape index (κ3) is 1.47. The van der Waals surface area contributed by atoms with Crippen LogP contribution < -0.4 is 5.73 Å². The summed E-state index contributed by atoms with van der Waals surface area (Å²) >= 11 is 3.40. The van der Waals surface area contributed by atoms with Crippen molar-refractivity contribution in [2.45, 2.75) is 0 Å². The topological polar surface area (TPSA) is 58.9 Å². The van der Waals surface area contributed by atoms with Gasteiger partial charge in [0.15, 0.2) is 5.78 Å². The van der Waals surface area contributed by atoms with Gasteiger partial charge in [-0.15, -0.1) is 0 Å². The van der Waals surface area contributed by atoms with Crippen molar-refractivity contribution in [1.82, 2.24) is 4.98 Å². The predicted octanol–water partition coefficient (Wildman–Crippen LogP) is 2.07. The Labute approximate surface area is 89.4 Å². The molecule has 1 aromatic heterocycles. The van der Waals surface area contributed by atoms with E-state index in [0.717, 1.165) is 15.4 Å². The van der Waals surface area contributed by atoms with E-state index in [9.17, 15) is 4.79 Å². The van der Waals surface area contributed by atoms with Gasteiger partial charge in [-0.1, -0.05) is 12.1 Å². The molecule has 4 heteroatoms. The number of carbonyl (C=O) groups is 1. The molecule has 72 valence electrons. The third-order valence-corrected chi connectivity index (χ3v) is 2.79. The quantitative estimate of drug-likeness (QED) is 0.805. The molecule has 0 spiro atoms. The molecule has 2 aromatic rings. The number of aromatic amines is 1. The van der Waals surface area contributed by atoms with Crippen molar-refractivity contribution in [3.05, 3.63) is 34.4 Å². The Hall–Kier alpha value is -1.13. The molecule has 0 aliphatic heterocycles. The summed E-state index contributed by atoms with van der Waals surface area (Å²) in [6.45, 7) is 0.0490. The maximum atomic E-state index is 11.3. The number of nitrogens with two attached hydrogens (primary N) is 1. The van der Waals surface area contributed by atoms with E-state index in [4.69, 9.17) is 5.73 Å². The van der Waals surface area contributed by atoms with E-state index in [2.05, 4.69) is 20.9 Å². The SMILES string of the molecule is NCC(=O)c1ccc2c(Br)c[nH]c2c1. The van der Waals surface area contributed by atoms with E-state index >= 15 is 0 Å². The van der Waals surface area contributed by atoms with Crippen molar-refractivity contribution in [3.63, 3.8) is 0 Å². The van der Waals surface area contributed by atoms with Crippen LogP contribution in [0.25, 0.3) is 10.9 Å². The van der Waals surface area contributed by atoms with E-state index in [1.165, 1.54) is 0 Å². The number of hydrogen-bond acceptors (Lipinski definition) is 2. The van der Waals surface area contributed by atoms with Crippen LogP contribution in [-0.2, 0) is 0 Å². The zero-order chi connectivity index (χ0) is 10.1. The minimum Gasteiger partial charge on any atom is -0.360 e. The van der Waals surface area contributed by atoms with Gasteiger partial charge >= 0.3 is 0 Å². The molecule has 1 aromatic carbocycles. The molecular formula is C10H9BrN2O. The monoisotopic (exact) mass is 252 g/mol. The number of halogens is 1. The predicted molar refractivity (Wildman–Crippen MR) is 59.4 cm³/mol. The van der Waals surface area contributed by atoms with Crippen molar-refractivity contribution in [2.24, 2.45) is 5.73 Å². The summed E-state index contributed by atoms with van der Waals surface area (Å²) in [6.07, 6.45) is 1.85. The van der Waals surface area contributed by atoms with Crippen LogP contribution >= 0.6 is 15.9 Å². The van der Waals surface area contributed by atoms with Crippen molar-refractivity contribution >= 4 is 32.6 Å². The molecule has 0 aliphatic carbocycles. The fourth-order valence-corrected chi connectivity index (χ4v) is 1.84. The third-order valence-electron chi connectivity index (χ3n) is 2.14. The first-order chi connectivity index (χ1) is 6.72. The van der Waals surface area contributed by atoms with Crippen molar-refractivity contribution < 1.29 is 4.79 Å². The fourth-order valence-electron chi connectivity index (χ4n) is 1.38. The lowest BCUT2D eigenvalue weighted by molar-refractivity contribution is 0.100. The first kappa shape index (κ1) is 9.43. The summed E-state index contributed by atoms with van der Waals surface area (Å²) in [5.74, 6) is -0.0439. The molecule has 0 atom stereocenters. The number of H-pyrrole nitrogens is 1. The highest BCUT2D eigenvalue weighted by atomic mass is 79.9. The Bertz CT molecular complexity index is 490. The molecule has 1 heterocycles. The van der Waals surface area contributed by atoms with Crippen LogP contribution in [-0.4, -0.2) is 17.3 Å². The van der Waals surface area contributed by atoms with E-state index in [-0.39, 0.29) is 12.3 Å². The lowest BCUT2D eigenvalue weighted by Gasteiger charge is -1.97. The molecule has 0 saturated heterocycles. The Morgan fingerprint density at radius 3 is 3.00 bits per heavy atom. The molecule has 14 heavy (non-hydrogen) atoms. The minimum absolute atomic E-state index is 0.0439. The van der Waals surface area contributed by atoms with Crippen LogP contribution in [0.3, 0.4) is 0 Å². The Balaban J connectivity index is 2.57. The molecule has 3 N–H and O–H groups in total. The first-order valence-corrected chi connectivity index (χ1v) is 5.01. The van der Waals surface area contributed by atoms with Gasteiger partial charge in [-0.3, -0.25) is 4.79 Å². The number of aromatic nitrogens is 1. The Kier molecular flexibility index (Phi) is 2.39. The Morgan fingerprint density at radius 1 is 1.50 bits per heavy atom. The lowest BCUT2D eigenvalue weighted by atomic mass is 10.1. The number of fused-ring (bicyclic) bond motifs is 1. The second-order valence-corrected chi connectivity index (χ2v) is 3.88. The van der Waals surface area contributed by atoms with Crippen molar-refractivity contribution in [3.8, 4) is 0 Å². The smallest absolute Gasteiger partial charge is 0.176 e. The van der Waals surface area contributed by atoms with Crippen LogP contribution in [0, 0.1) is 0 Å². The molecule has 0 aliphatic rings. The molecule has 3 nitrogen and oxygen atoms in total. The van der Waals surface area contributed by atoms with Crippen LogP contribution in [0.15, 0.2) is 28.9 Å². The number of nitrogens with one attached hydrogen (secondary N) is 1. The van der Waals surface area contributed by atoms with E-state index < -0.39 is 0 Å². The first-order valence-electron chi connectivity index (χ1n) is 4.22. The molecule has 0 bridgehead atoms. The Morgan fingerprint density at radius 2 is 2.29 bits per heavy atom. The molecule has 0 amide bonds. The highest BCUT2D eigenvalue weighted by Gasteiger charge is 2.06. The van der Waals surface area contributed by atoms with Gasteiger partial charge in [0.2, 0.25) is 0 Å². The molecule has 0 unspecified atom stereocenters. The van der Waals surface area contributed by atoms with E-state index in [1.807, 2.05) is 18.3 Å². The van der Waals surface area contributed by atoms with Gasteiger partial charge in [-0.2, -0.15) is 0 Å². The molecular weight excluding hydrogens is 244 g/mol. The van der Waals surface area contributed by atoms with E-state index in [1.54, 1.807) is 6.07 Å². The second kappa shape index (κ2) is 3.55. The van der Waals surface area contributed by atoms with Gasteiger partial charge in [0.25, 0.3) is 0 Å². The summed E-state index contributed by atoms with van der Waals surface area (Å²) < 4.78 is 0.999. The van der Waals surface area contributed by atoms with Gasteiger partial charge in [0.1, 0.15) is 0 Å². The number of benzene rings is 1. The van der Waals surface area contributed by atoms with Gasteiger partial charge in [0.05, 0.1) is 6.54 Å². The fraction of sp³-hybridized carbons (Fsp3) is 0.100. The molecule has 0 saturated carbocycles. The highest BCUT2D eigenvalue weighted by Crippen LogP contribution is 2.24. The largest absolute Gasteiger partial charge is 0.360 e. The van der Waals surface area contributed by atoms with Crippen LogP contribution in [0.4, 0.5) is 0 Å². The summed E-state index contributed by atoms with van der Waals surface area (Å²) in [4.78, 5) is 14.4. The average molecular weight is 253 g/mol. The normalized spacial score (nSPS) is 10.7. The number of ketones is 1. The van der Waals surface area contributed by atoms with Crippen molar-refractivity contribution in [2.75, 3.05) is 6.54 Å². The summed E-state index contributed by atoms with van der Waals surface area (Å²) in [5.41, 5.74) is 6.87. The van der Waals surface area contributed by atoms with Crippen molar-refractivity contribution in [1.29, 1.82) is 0 Å². The summed E-state index contributed by atoms with van der Waals surface area (Å²) in [5, 5.41) is 1.07. The minimum atomic E-state index is -0.0439. The maximum Gasteiger partial charge on any atom is 0.176 e. The lowest BCUT2D eigenvalue weighted by Crippen LogP contribution is -2.13. The highest BCUT2D eigenvalue weighted by molar-refractivity contribution is 9.10. The number of rotatable bonds is 2. The molecule has 2 rings (SSSR count). The zero-order valence-electron chi connectivity index (χ0n) is 7.38. The van der Waals surface area contributed by atoms with Gasteiger partial charge in [0, 0.05) is 27.1 Å². The van der Waals surface area contributed by atoms with Crippen LogP contribution in [0.1, 0.15) is 10.4 Å². The standard InChI is InChI=1S/C10H9BrN2O/c11-8-5-13-9-3-6(10(14)4-12)1-2-7(8)9/h1-3,5,13H,4,12H2. The second-order valence-electron chi connectivity index (χ2n) is 3.02. The number of carbonyl (C=O) groups excluding carboxylic acids is 1. The summed E-state index contributed by atoms with van der Waals surface area (Å²) in [7, 11) is 0. The molecule has 0 fully saturated rings. The number of Topliss-reactive ketones (excluding diaryl/α,β-unsaturated/α-hetero) is 1. The average Bonchev–Trinajstić information content (AvgIpc) is 2.59. The van der Waals surface area contributed by atoms with Gasteiger partial charge in [-0.25, -0.2) is 0 Å². The van der Waals surface area contributed by atoms with Crippen LogP contribution in [0.5, 0.6) is 0 Å².